The fourth-order valence-corrected chi connectivity index (χ4v) is 4.42. The molecule has 178 valence electrons. The molecule has 1 saturated carbocycles. The lowest BCUT2D eigenvalue weighted by Gasteiger charge is -2.11. The minimum atomic E-state index is 0.730. The van der Waals surface area contributed by atoms with Crippen molar-refractivity contribution < 1.29 is 4.74 Å². The van der Waals surface area contributed by atoms with Gasteiger partial charge in [0.1, 0.15) is 17.9 Å². The molecule has 6 heteroatoms. The first-order valence-electron chi connectivity index (χ1n) is 12.2. The summed E-state index contributed by atoms with van der Waals surface area (Å²) in [6.07, 6.45) is 16.0. The zero-order chi connectivity index (χ0) is 23.8. The number of nitrogens with zero attached hydrogens (tertiary/aromatic N) is 4. The standard InChI is InChI=1S/C28H35N5O/c1-21(14-15-33(2)3)32-28-26-18-23(10-13-27(26)30-20-31-28)17-24-11-12-25(19-29-24)34-16-6-9-22-7-4-5-8-22/h10-15,18-20,22H,1,4-9,16-17H2,2-3H3,(H,30,31,32)/b15-14-. The number of fused-ring (bicyclic) bond motifs is 1. The van der Waals surface area contributed by atoms with Gasteiger partial charge in [0.15, 0.2) is 0 Å². The molecule has 2 aromatic heterocycles. The van der Waals surface area contributed by atoms with E-state index >= 15 is 0 Å². The highest BCUT2D eigenvalue weighted by Crippen LogP contribution is 2.28. The quantitative estimate of drug-likeness (QED) is 0.283. The Morgan fingerprint density at radius 3 is 2.76 bits per heavy atom. The molecular formula is C28H35N5O. The molecular weight excluding hydrogens is 422 g/mol. The summed E-state index contributed by atoms with van der Waals surface area (Å²) in [5, 5.41) is 4.25. The lowest BCUT2D eigenvalue weighted by atomic mass is 10.0. The number of ether oxygens (including phenoxy) is 1. The van der Waals surface area contributed by atoms with E-state index in [2.05, 4.69) is 39.0 Å². The van der Waals surface area contributed by atoms with Crippen molar-refractivity contribution in [2.75, 3.05) is 26.0 Å². The van der Waals surface area contributed by atoms with Gasteiger partial charge >= 0.3 is 0 Å². The topological polar surface area (TPSA) is 63.2 Å². The van der Waals surface area contributed by atoms with Gasteiger partial charge in [-0.05, 0) is 54.7 Å². The Morgan fingerprint density at radius 1 is 1.15 bits per heavy atom. The number of hydrogen-bond acceptors (Lipinski definition) is 6. The molecule has 34 heavy (non-hydrogen) atoms. The van der Waals surface area contributed by atoms with Crippen molar-refractivity contribution in [1.29, 1.82) is 0 Å². The number of allylic oxidation sites excluding steroid dienone is 1. The van der Waals surface area contributed by atoms with E-state index in [0.29, 0.717) is 0 Å². The largest absolute Gasteiger partial charge is 0.492 e. The first-order valence-corrected chi connectivity index (χ1v) is 12.2. The van der Waals surface area contributed by atoms with Crippen LogP contribution in [0.4, 0.5) is 5.82 Å². The van der Waals surface area contributed by atoms with Gasteiger partial charge < -0.3 is 15.0 Å². The first-order chi connectivity index (χ1) is 16.6. The van der Waals surface area contributed by atoms with E-state index in [-0.39, 0.29) is 0 Å². The molecule has 0 aliphatic heterocycles. The molecule has 0 atom stereocenters. The molecule has 6 nitrogen and oxygen atoms in total. The number of rotatable bonds is 11. The average Bonchev–Trinajstić information content (AvgIpc) is 3.36. The molecule has 0 saturated heterocycles. The molecule has 0 bridgehead atoms. The monoisotopic (exact) mass is 457 g/mol. The molecule has 4 rings (SSSR count). The zero-order valence-electron chi connectivity index (χ0n) is 20.3. The Kier molecular flexibility index (Phi) is 8.12. The van der Waals surface area contributed by atoms with Gasteiger partial charge in [0.05, 0.1) is 18.3 Å². The maximum Gasteiger partial charge on any atom is 0.141 e. The van der Waals surface area contributed by atoms with Crippen molar-refractivity contribution >= 4 is 16.7 Å². The van der Waals surface area contributed by atoms with Gasteiger partial charge in [-0.3, -0.25) is 4.98 Å². The Labute approximate surface area is 202 Å². The minimum Gasteiger partial charge on any atom is -0.492 e. The summed E-state index contributed by atoms with van der Waals surface area (Å²) in [4.78, 5) is 15.4. The minimum absolute atomic E-state index is 0.730. The van der Waals surface area contributed by atoms with E-state index < -0.39 is 0 Å². The van der Waals surface area contributed by atoms with Crippen LogP contribution in [-0.2, 0) is 6.42 Å². The molecule has 0 spiro atoms. The summed E-state index contributed by atoms with van der Waals surface area (Å²) in [6, 6.07) is 10.3. The number of aromatic nitrogens is 3. The Hall–Kier alpha value is -3.41. The lowest BCUT2D eigenvalue weighted by molar-refractivity contribution is 0.291. The second kappa shape index (κ2) is 11.6. The van der Waals surface area contributed by atoms with Crippen molar-refractivity contribution in [3.8, 4) is 5.75 Å². The highest BCUT2D eigenvalue weighted by atomic mass is 16.5. The average molecular weight is 458 g/mol. The van der Waals surface area contributed by atoms with Crippen molar-refractivity contribution in [3.05, 3.63) is 78.7 Å². The molecule has 3 aromatic rings. The molecule has 0 unspecified atom stereocenters. The highest BCUT2D eigenvalue weighted by Gasteiger charge is 2.14. The Balaban J connectivity index is 1.36. The summed E-state index contributed by atoms with van der Waals surface area (Å²) < 4.78 is 5.91. The van der Waals surface area contributed by atoms with Gasteiger partial charge in [0.2, 0.25) is 0 Å². The Bertz CT molecular complexity index is 1120. The molecule has 1 aromatic carbocycles. The Morgan fingerprint density at radius 2 is 2.00 bits per heavy atom. The predicted octanol–water partition coefficient (Wildman–Crippen LogP) is 5.97. The molecule has 2 heterocycles. The van der Waals surface area contributed by atoms with E-state index in [1.54, 1.807) is 6.33 Å². The summed E-state index contributed by atoms with van der Waals surface area (Å²) >= 11 is 0. The molecule has 1 aliphatic carbocycles. The lowest BCUT2D eigenvalue weighted by Crippen LogP contribution is -2.04. The third-order valence-corrected chi connectivity index (χ3v) is 6.24. The van der Waals surface area contributed by atoms with Crippen LogP contribution in [0.25, 0.3) is 10.9 Å². The summed E-state index contributed by atoms with van der Waals surface area (Å²) in [6.45, 7) is 4.84. The van der Waals surface area contributed by atoms with Crippen molar-refractivity contribution in [1.82, 2.24) is 19.9 Å². The maximum atomic E-state index is 5.91. The summed E-state index contributed by atoms with van der Waals surface area (Å²) in [5.41, 5.74) is 3.81. The van der Waals surface area contributed by atoms with Crippen LogP contribution < -0.4 is 10.1 Å². The van der Waals surface area contributed by atoms with Crippen LogP contribution in [-0.4, -0.2) is 40.6 Å². The third kappa shape index (κ3) is 6.80. The van der Waals surface area contributed by atoms with E-state index in [4.69, 9.17) is 4.74 Å². The number of hydrogen-bond donors (Lipinski definition) is 1. The number of nitrogens with one attached hydrogen (secondary N) is 1. The van der Waals surface area contributed by atoms with Crippen molar-refractivity contribution in [2.45, 2.75) is 44.9 Å². The first kappa shape index (κ1) is 23.7. The normalized spacial score (nSPS) is 14.1. The second-order valence-electron chi connectivity index (χ2n) is 9.31. The van der Waals surface area contributed by atoms with Crippen LogP contribution in [0.1, 0.15) is 49.8 Å². The smallest absolute Gasteiger partial charge is 0.141 e. The molecule has 1 fully saturated rings. The van der Waals surface area contributed by atoms with E-state index in [9.17, 15) is 0 Å². The second-order valence-corrected chi connectivity index (χ2v) is 9.31. The van der Waals surface area contributed by atoms with Crippen molar-refractivity contribution in [2.24, 2.45) is 5.92 Å². The number of anilines is 1. The van der Waals surface area contributed by atoms with Crippen LogP contribution in [0.2, 0.25) is 0 Å². The third-order valence-electron chi connectivity index (χ3n) is 6.24. The number of pyridine rings is 1. The van der Waals surface area contributed by atoms with E-state index in [1.165, 1.54) is 32.1 Å². The highest BCUT2D eigenvalue weighted by molar-refractivity contribution is 5.90. The van der Waals surface area contributed by atoms with Crippen LogP contribution in [0, 0.1) is 5.92 Å². The van der Waals surface area contributed by atoms with Gasteiger partial charge in [-0.2, -0.15) is 0 Å². The predicted molar refractivity (Wildman–Crippen MR) is 139 cm³/mol. The molecule has 0 radical (unpaired) electrons. The SMILES string of the molecule is C=C(/C=C\N(C)C)Nc1ncnc2ccc(Cc3ccc(OCCCC4CCCC4)cn3)cc12. The summed E-state index contributed by atoms with van der Waals surface area (Å²) in [7, 11) is 3.94. The molecule has 1 aliphatic rings. The van der Waals surface area contributed by atoms with E-state index in [0.717, 1.165) is 64.8 Å². The molecule has 1 N–H and O–H groups in total. The summed E-state index contributed by atoms with van der Waals surface area (Å²) in [5.74, 6) is 2.51. The van der Waals surface area contributed by atoms with E-state index in [1.807, 2.05) is 55.7 Å². The van der Waals surface area contributed by atoms with Gasteiger partial charge in [0, 0.05) is 43.5 Å². The number of benzene rings is 1. The van der Waals surface area contributed by atoms with Crippen LogP contribution in [0.3, 0.4) is 0 Å². The zero-order valence-corrected chi connectivity index (χ0v) is 20.3. The van der Waals surface area contributed by atoms with Gasteiger partial charge in [-0.25, -0.2) is 9.97 Å². The van der Waals surface area contributed by atoms with Crippen LogP contribution >= 0.6 is 0 Å². The fourth-order valence-electron chi connectivity index (χ4n) is 4.42. The van der Waals surface area contributed by atoms with Crippen LogP contribution in [0.15, 0.2) is 67.4 Å². The molecule has 0 amide bonds. The van der Waals surface area contributed by atoms with Crippen LogP contribution in [0.5, 0.6) is 5.75 Å². The van der Waals surface area contributed by atoms with Gasteiger partial charge in [-0.1, -0.05) is 38.3 Å². The fraction of sp³-hybridized carbons (Fsp3) is 0.393. The van der Waals surface area contributed by atoms with Gasteiger partial charge in [0.25, 0.3) is 0 Å². The maximum absolute atomic E-state index is 5.91. The van der Waals surface area contributed by atoms with Crippen molar-refractivity contribution in [3.63, 3.8) is 0 Å². The van der Waals surface area contributed by atoms with Gasteiger partial charge in [-0.15, -0.1) is 0 Å².